The fourth-order valence-corrected chi connectivity index (χ4v) is 25.9. The zero-order valence-electron chi connectivity index (χ0n) is 15.6. The Balaban J connectivity index is 5.46. The van der Waals surface area contributed by atoms with Crippen LogP contribution in [0.3, 0.4) is 0 Å². The molecule has 0 heterocycles. The summed E-state index contributed by atoms with van der Waals surface area (Å²) in [5, 5.41) is 0. The molecule has 0 aromatic rings. The third-order valence-electron chi connectivity index (χ3n) is 6.03. The molecule has 0 aliphatic heterocycles. The van der Waals surface area contributed by atoms with Gasteiger partial charge >= 0.3 is 134 Å². The summed E-state index contributed by atoms with van der Waals surface area (Å²) in [6.45, 7) is 14.6. The van der Waals surface area contributed by atoms with E-state index in [1.807, 2.05) is 0 Å². The van der Waals surface area contributed by atoms with Crippen LogP contribution in [0.15, 0.2) is 0 Å². The predicted octanol–water partition coefficient (Wildman–Crippen LogP) is 7.81. The first-order valence-corrected chi connectivity index (χ1v) is 17.4. The summed E-state index contributed by atoms with van der Waals surface area (Å²) in [6, 6.07) is 0. The normalized spacial score (nSPS) is 19.4. The van der Waals surface area contributed by atoms with Crippen LogP contribution in [0.25, 0.3) is 0 Å². The molecule has 0 radical (unpaired) electrons. The molecule has 0 spiro atoms. The molecule has 0 aromatic carbocycles. The van der Waals surface area contributed by atoms with Crippen LogP contribution in [0.4, 0.5) is 0 Å². The van der Waals surface area contributed by atoms with Crippen molar-refractivity contribution in [3.8, 4) is 0 Å². The van der Waals surface area contributed by atoms with Gasteiger partial charge in [0.2, 0.25) is 0 Å². The van der Waals surface area contributed by atoms with E-state index in [1.165, 1.54) is 57.8 Å². The molecule has 0 rings (SSSR count). The molecule has 122 valence electrons. The maximum absolute atomic E-state index is 2.87. The van der Waals surface area contributed by atoms with E-state index in [4.69, 9.17) is 0 Å². The van der Waals surface area contributed by atoms with Gasteiger partial charge in [-0.25, -0.2) is 0 Å². The van der Waals surface area contributed by atoms with Crippen molar-refractivity contribution in [2.45, 2.75) is 116 Å². The quantitative estimate of drug-likeness (QED) is 0.299. The predicted molar refractivity (Wildman–Crippen MR) is 98.5 cm³/mol. The van der Waals surface area contributed by atoms with Crippen molar-refractivity contribution in [1.29, 1.82) is 0 Å². The topological polar surface area (TPSA) is 0 Å². The fourth-order valence-electron chi connectivity index (χ4n) is 4.91. The van der Waals surface area contributed by atoms with E-state index in [0.717, 1.165) is 11.8 Å². The number of hydrogen-bond acceptors (Lipinski definition) is 0. The van der Waals surface area contributed by atoms with Gasteiger partial charge in [-0.2, -0.15) is 0 Å². The molecule has 0 aliphatic carbocycles. The zero-order valence-corrected chi connectivity index (χ0v) is 18.5. The van der Waals surface area contributed by atoms with Gasteiger partial charge in [-0.1, -0.05) is 0 Å². The van der Waals surface area contributed by atoms with Crippen LogP contribution in [0, 0.1) is 0 Å². The summed E-state index contributed by atoms with van der Waals surface area (Å²) in [5.41, 5.74) is 0. The van der Waals surface area contributed by atoms with E-state index in [2.05, 4.69) is 46.5 Å². The van der Waals surface area contributed by atoms with Gasteiger partial charge in [0.25, 0.3) is 0 Å². The van der Waals surface area contributed by atoms with Crippen LogP contribution in [0.1, 0.15) is 99.3 Å². The van der Waals surface area contributed by atoms with Gasteiger partial charge in [0.1, 0.15) is 0 Å². The van der Waals surface area contributed by atoms with Crippen LogP contribution in [0.2, 0.25) is 16.7 Å². The van der Waals surface area contributed by atoms with E-state index < -0.39 is 18.4 Å². The Morgan fingerprint density at radius 3 is 0.950 bits per heavy atom. The monoisotopic (exact) mass is 390 g/mol. The van der Waals surface area contributed by atoms with Crippen molar-refractivity contribution in [3.05, 3.63) is 0 Å². The van der Waals surface area contributed by atoms with Gasteiger partial charge in [-0.15, -0.1) is 0 Å². The molecule has 20 heavy (non-hydrogen) atoms. The first-order valence-electron chi connectivity index (χ1n) is 9.56. The minimum absolute atomic E-state index is 1.13. The fraction of sp³-hybridized carbons (Fsp3) is 1.00. The Morgan fingerprint density at radius 1 is 0.550 bits per heavy atom. The third kappa shape index (κ3) is 5.21. The Labute approximate surface area is 134 Å². The van der Waals surface area contributed by atoms with Crippen molar-refractivity contribution >= 4 is 18.4 Å². The van der Waals surface area contributed by atoms with Crippen LogP contribution >= 0.6 is 0 Å². The first kappa shape index (κ1) is 20.8. The molecule has 0 bridgehead atoms. The van der Waals surface area contributed by atoms with Crippen molar-refractivity contribution in [2.24, 2.45) is 0 Å². The summed E-state index contributed by atoms with van der Waals surface area (Å²) in [7, 11) is 0. The standard InChI is InChI=1S/3C6H13.CH3.Sn/c3*1-3-5-6-4-2;;/h3*5H,3-4,6H2,1-2H3;1H3;. The van der Waals surface area contributed by atoms with Gasteiger partial charge in [0.05, 0.1) is 0 Å². The van der Waals surface area contributed by atoms with Crippen molar-refractivity contribution in [3.63, 3.8) is 0 Å². The molecule has 0 saturated carbocycles. The van der Waals surface area contributed by atoms with E-state index in [0.29, 0.717) is 0 Å². The summed E-state index contributed by atoms with van der Waals surface area (Å²) in [5.74, 6) is 0. The maximum atomic E-state index is 2.87. The SMILES string of the molecule is CCC[CH](CC)[Sn]([CH3])([CH](CC)CCC)[CH](CC)CCC. The van der Waals surface area contributed by atoms with Crippen molar-refractivity contribution < 1.29 is 0 Å². The molecule has 3 unspecified atom stereocenters. The molecule has 0 aliphatic rings. The van der Waals surface area contributed by atoms with Gasteiger partial charge in [-0.3, -0.25) is 0 Å². The number of hydrogen-bond donors (Lipinski definition) is 0. The van der Waals surface area contributed by atoms with E-state index >= 15 is 0 Å². The molecule has 3 atom stereocenters. The molecule has 0 saturated heterocycles. The summed E-state index contributed by atoms with van der Waals surface area (Å²) in [4.78, 5) is 2.87. The van der Waals surface area contributed by atoms with Crippen LogP contribution in [-0.2, 0) is 0 Å². The summed E-state index contributed by atoms with van der Waals surface area (Å²) in [6.07, 6.45) is 13.1. The van der Waals surface area contributed by atoms with E-state index in [1.54, 1.807) is 0 Å². The van der Waals surface area contributed by atoms with Crippen molar-refractivity contribution in [1.82, 2.24) is 0 Å². The van der Waals surface area contributed by atoms with E-state index in [9.17, 15) is 0 Å². The van der Waals surface area contributed by atoms with Gasteiger partial charge < -0.3 is 0 Å². The molecule has 0 amide bonds. The molecular weight excluding hydrogens is 347 g/mol. The van der Waals surface area contributed by atoms with Gasteiger partial charge in [-0.05, 0) is 0 Å². The average Bonchev–Trinajstić information content (AvgIpc) is 2.46. The molecule has 0 N–H and O–H groups in total. The Kier molecular flexibility index (Phi) is 11.8. The van der Waals surface area contributed by atoms with Crippen molar-refractivity contribution in [2.75, 3.05) is 0 Å². The van der Waals surface area contributed by atoms with Crippen LogP contribution in [0.5, 0.6) is 0 Å². The molecule has 0 aromatic heterocycles. The zero-order chi connectivity index (χ0) is 15.6. The molecule has 0 nitrogen and oxygen atoms in total. The second kappa shape index (κ2) is 11.4. The Hall–Kier alpha value is 0.799. The first-order chi connectivity index (χ1) is 9.56. The number of rotatable bonds is 12. The molecule has 0 fully saturated rings. The third-order valence-corrected chi connectivity index (χ3v) is 27.1. The molecular formula is C19H42Sn. The second-order valence-corrected chi connectivity index (χ2v) is 21.8. The van der Waals surface area contributed by atoms with Crippen LogP contribution in [-0.4, -0.2) is 18.4 Å². The summed E-state index contributed by atoms with van der Waals surface area (Å²) < 4.78 is 3.38. The molecule has 1 heteroatoms. The Bertz CT molecular complexity index is 188. The van der Waals surface area contributed by atoms with E-state index in [-0.39, 0.29) is 0 Å². The Morgan fingerprint density at radius 2 is 0.800 bits per heavy atom. The average molecular weight is 389 g/mol. The van der Waals surface area contributed by atoms with Gasteiger partial charge in [0, 0.05) is 0 Å². The second-order valence-electron chi connectivity index (χ2n) is 7.05. The summed E-state index contributed by atoms with van der Waals surface area (Å²) >= 11 is -2.10. The minimum atomic E-state index is -2.10. The van der Waals surface area contributed by atoms with Gasteiger partial charge in [0.15, 0.2) is 0 Å². The van der Waals surface area contributed by atoms with Crippen LogP contribution < -0.4 is 0 Å².